The Bertz CT molecular complexity index is 900. The third-order valence-electron chi connectivity index (χ3n) is 5.64. The molecule has 1 atom stereocenters. The van der Waals surface area contributed by atoms with Crippen LogP contribution in [0.2, 0.25) is 0 Å². The number of rotatable bonds is 6. The molecule has 2 aromatic heterocycles. The Kier molecular flexibility index (Phi) is 5.90. The van der Waals surface area contributed by atoms with Gasteiger partial charge < -0.3 is 10.2 Å². The molecule has 0 saturated carbocycles. The van der Waals surface area contributed by atoms with Crippen LogP contribution in [0.1, 0.15) is 13.8 Å². The van der Waals surface area contributed by atoms with Gasteiger partial charge in [0.25, 0.3) is 0 Å². The van der Waals surface area contributed by atoms with E-state index in [2.05, 4.69) is 71.0 Å². The molecule has 3 aromatic rings. The molecule has 1 aliphatic heterocycles. The van der Waals surface area contributed by atoms with Crippen molar-refractivity contribution in [2.24, 2.45) is 5.92 Å². The maximum Gasteiger partial charge on any atom is 0.162 e. The van der Waals surface area contributed by atoms with E-state index >= 15 is 0 Å². The van der Waals surface area contributed by atoms with Crippen LogP contribution in [-0.4, -0.2) is 65.6 Å². The fourth-order valence-electron chi connectivity index (χ4n) is 3.87. The monoisotopic (exact) mass is 395 g/mol. The first-order valence-corrected chi connectivity index (χ1v) is 11.0. The summed E-state index contributed by atoms with van der Waals surface area (Å²) in [4.78, 5) is 14.7. The van der Waals surface area contributed by atoms with E-state index in [1.807, 2.05) is 6.07 Å². The highest BCUT2D eigenvalue weighted by molar-refractivity contribution is 7.08. The van der Waals surface area contributed by atoms with Crippen molar-refractivity contribution in [1.82, 2.24) is 19.8 Å². The van der Waals surface area contributed by atoms with Gasteiger partial charge in [-0.25, -0.2) is 9.97 Å². The lowest BCUT2D eigenvalue weighted by Gasteiger charge is -2.40. The number of nitrogens with zero attached hydrogens (tertiary/aromatic N) is 4. The second-order valence-electron chi connectivity index (χ2n) is 7.96. The van der Waals surface area contributed by atoms with E-state index in [0.29, 0.717) is 12.0 Å². The van der Waals surface area contributed by atoms with Crippen molar-refractivity contribution in [1.29, 1.82) is 0 Å². The van der Waals surface area contributed by atoms with Crippen LogP contribution < -0.4 is 5.32 Å². The highest BCUT2D eigenvalue weighted by Gasteiger charge is 2.25. The van der Waals surface area contributed by atoms with Gasteiger partial charge >= 0.3 is 0 Å². The molecular weight excluding hydrogens is 366 g/mol. The van der Waals surface area contributed by atoms with Crippen LogP contribution >= 0.6 is 11.3 Å². The summed E-state index contributed by atoms with van der Waals surface area (Å²) in [6.07, 6.45) is 0. The van der Waals surface area contributed by atoms with Gasteiger partial charge in [0.2, 0.25) is 0 Å². The maximum absolute atomic E-state index is 4.89. The van der Waals surface area contributed by atoms with Gasteiger partial charge in [-0.1, -0.05) is 26.0 Å². The molecule has 0 radical (unpaired) electrons. The number of thiophene rings is 1. The van der Waals surface area contributed by atoms with Gasteiger partial charge in [-0.2, -0.15) is 11.3 Å². The standard InChI is InChI=1S/C22H29N5S/c1-16(2)20(27-11-9-26(3)10-12-27)14-23-22-18-6-4-5-7-19(18)24-21(25-22)17-8-13-28-15-17/h4-8,13,15-16,20H,9-12,14H2,1-3H3,(H,23,24,25). The summed E-state index contributed by atoms with van der Waals surface area (Å²) in [7, 11) is 2.21. The molecule has 0 aliphatic carbocycles. The second kappa shape index (κ2) is 8.55. The Morgan fingerprint density at radius 3 is 2.57 bits per heavy atom. The van der Waals surface area contributed by atoms with Crippen molar-refractivity contribution in [3.05, 3.63) is 41.1 Å². The number of anilines is 1. The van der Waals surface area contributed by atoms with Crippen LogP contribution in [0.25, 0.3) is 22.3 Å². The van der Waals surface area contributed by atoms with Crippen LogP contribution in [-0.2, 0) is 0 Å². The minimum Gasteiger partial charge on any atom is -0.368 e. The van der Waals surface area contributed by atoms with Gasteiger partial charge in [-0.3, -0.25) is 4.90 Å². The first kappa shape index (κ1) is 19.3. The van der Waals surface area contributed by atoms with E-state index in [1.54, 1.807) is 11.3 Å². The highest BCUT2D eigenvalue weighted by atomic mass is 32.1. The van der Waals surface area contributed by atoms with Crippen molar-refractivity contribution >= 4 is 28.1 Å². The summed E-state index contributed by atoms with van der Waals surface area (Å²) in [6.45, 7) is 10.1. The van der Waals surface area contributed by atoms with E-state index in [9.17, 15) is 0 Å². The number of aromatic nitrogens is 2. The van der Waals surface area contributed by atoms with Crippen molar-refractivity contribution in [3.63, 3.8) is 0 Å². The lowest BCUT2D eigenvalue weighted by atomic mass is 10.0. The topological polar surface area (TPSA) is 44.3 Å². The number of piperazine rings is 1. The summed E-state index contributed by atoms with van der Waals surface area (Å²) >= 11 is 1.68. The van der Waals surface area contributed by atoms with E-state index in [-0.39, 0.29) is 0 Å². The summed E-state index contributed by atoms with van der Waals surface area (Å²) in [6, 6.07) is 10.8. The Morgan fingerprint density at radius 2 is 1.86 bits per heavy atom. The van der Waals surface area contributed by atoms with Crippen molar-refractivity contribution in [2.45, 2.75) is 19.9 Å². The lowest BCUT2D eigenvalue weighted by Crippen LogP contribution is -2.52. The van der Waals surface area contributed by atoms with Crippen LogP contribution in [0.5, 0.6) is 0 Å². The fraction of sp³-hybridized carbons (Fsp3) is 0.455. The third-order valence-corrected chi connectivity index (χ3v) is 6.32. The summed E-state index contributed by atoms with van der Waals surface area (Å²) in [5.41, 5.74) is 2.07. The normalized spacial score (nSPS) is 17.3. The van der Waals surface area contributed by atoms with Crippen LogP contribution in [0.15, 0.2) is 41.1 Å². The first-order chi connectivity index (χ1) is 13.6. The molecule has 1 aromatic carbocycles. The van der Waals surface area contributed by atoms with Gasteiger partial charge in [-0.15, -0.1) is 0 Å². The molecule has 6 heteroatoms. The molecule has 1 saturated heterocycles. The first-order valence-electron chi connectivity index (χ1n) is 10.1. The molecule has 1 unspecified atom stereocenters. The third kappa shape index (κ3) is 4.19. The smallest absolute Gasteiger partial charge is 0.162 e. The van der Waals surface area contributed by atoms with Gasteiger partial charge in [0.15, 0.2) is 5.82 Å². The quantitative estimate of drug-likeness (QED) is 0.682. The lowest BCUT2D eigenvalue weighted by molar-refractivity contribution is 0.0944. The average Bonchev–Trinajstić information content (AvgIpc) is 3.24. The van der Waals surface area contributed by atoms with Crippen LogP contribution in [0.4, 0.5) is 5.82 Å². The minimum atomic E-state index is 0.493. The molecule has 0 amide bonds. The zero-order chi connectivity index (χ0) is 19.5. The number of fused-ring (bicyclic) bond motifs is 1. The second-order valence-corrected chi connectivity index (χ2v) is 8.74. The Morgan fingerprint density at radius 1 is 1.07 bits per heavy atom. The number of hydrogen-bond donors (Lipinski definition) is 1. The predicted octanol–water partition coefficient (Wildman–Crippen LogP) is 4.04. The molecule has 4 rings (SSSR count). The van der Waals surface area contributed by atoms with E-state index in [0.717, 1.165) is 60.8 Å². The zero-order valence-corrected chi connectivity index (χ0v) is 17.7. The molecule has 28 heavy (non-hydrogen) atoms. The SMILES string of the molecule is CC(C)C(CNc1nc(-c2ccsc2)nc2ccccc12)N1CCN(C)CC1. The fourth-order valence-corrected chi connectivity index (χ4v) is 4.51. The van der Waals surface area contributed by atoms with E-state index in [4.69, 9.17) is 9.97 Å². The number of nitrogens with one attached hydrogen (secondary N) is 1. The minimum absolute atomic E-state index is 0.493. The molecule has 5 nitrogen and oxygen atoms in total. The van der Waals surface area contributed by atoms with Gasteiger partial charge in [0, 0.05) is 55.1 Å². The molecule has 1 aliphatic rings. The van der Waals surface area contributed by atoms with Gasteiger partial charge in [0.1, 0.15) is 5.82 Å². The Balaban J connectivity index is 1.59. The van der Waals surface area contributed by atoms with Crippen molar-refractivity contribution in [3.8, 4) is 11.4 Å². The molecule has 1 N–H and O–H groups in total. The number of para-hydroxylation sites is 1. The molecule has 0 bridgehead atoms. The van der Waals surface area contributed by atoms with E-state index in [1.165, 1.54) is 0 Å². The number of hydrogen-bond acceptors (Lipinski definition) is 6. The molecular formula is C22H29N5S. The molecule has 1 fully saturated rings. The largest absolute Gasteiger partial charge is 0.368 e. The van der Waals surface area contributed by atoms with Crippen LogP contribution in [0.3, 0.4) is 0 Å². The number of benzene rings is 1. The highest BCUT2D eigenvalue weighted by Crippen LogP contribution is 2.26. The van der Waals surface area contributed by atoms with Gasteiger partial charge in [0.05, 0.1) is 5.52 Å². The maximum atomic E-state index is 4.89. The van der Waals surface area contributed by atoms with Gasteiger partial charge in [-0.05, 0) is 36.5 Å². The van der Waals surface area contributed by atoms with Crippen molar-refractivity contribution in [2.75, 3.05) is 45.1 Å². The number of likely N-dealkylation sites (N-methyl/N-ethyl adjacent to an activating group) is 1. The Labute approximate surface area is 171 Å². The predicted molar refractivity (Wildman–Crippen MR) is 119 cm³/mol. The molecule has 0 spiro atoms. The average molecular weight is 396 g/mol. The zero-order valence-electron chi connectivity index (χ0n) is 16.9. The summed E-state index contributed by atoms with van der Waals surface area (Å²) in [5, 5.41) is 8.94. The summed E-state index contributed by atoms with van der Waals surface area (Å²) < 4.78 is 0. The van der Waals surface area contributed by atoms with Crippen LogP contribution in [0, 0.1) is 5.92 Å². The summed E-state index contributed by atoms with van der Waals surface area (Å²) in [5.74, 6) is 2.31. The Hall–Kier alpha value is -2.02. The molecule has 148 valence electrons. The molecule has 3 heterocycles. The van der Waals surface area contributed by atoms with E-state index < -0.39 is 0 Å². The van der Waals surface area contributed by atoms with Crippen molar-refractivity contribution < 1.29 is 0 Å².